The van der Waals surface area contributed by atoms with E-state index >= 15 is 0 Å². The molecule has 0 spiro atoms. The number of likely N-dealkylation sites (tertiary alicyclic amines) is 1. The third-order valence-corrected chi connectivity index (χ3v) is 4.03. The third-order valence-electron chi connectivity index (χ3n) is 4.03. The van der Waals surface area contributed by atoms with Crippen LogP contribution in [0.15, 0.2) is 0 Å². The molecule has 3 nitrogen and oxygen atoms in total. The number of hydrogen-bond acceptors (Lipinski definition) is 3. The van der Waals surface area contributed by atoms with Crippen molar-refractivity contribution in [1.82, 2.24) is 10.2 Å². The van der Waals surface area contributed by atoms with Crippen LogP contribution in [0.3, 0.4) is 0 Å². The van der Waals surface area contributed by atoms with Crippen LogP contribution in [0.2, 0.25) is 0 Å². The summed E-state index contributed by atoms with van der Waals surface area (Å²) in [6.07, 6.45) is 9.51. The molecule has 0 aromatic rings. The van der Waals surface area contributed by atoms with Gasteiger partial charge in [-0.25, -0.2) is 0 Å². The molecule has 2 fully saturated rings. The second-order valence-corrected chi connectivity index (χ2v) is 5.45. The molecule has 0 unspecified atom stereocenters. The zero-order valence-corrected chi connectivity index (χ0v) is 11.1. The van der Waals surface area contributed by atoms with Gasteiger partial charge in [-0.3, -0.25) is 0 Å². The highest BCUT2D eigenvalue weighted by atomic mass is 16.5. The van der Waals surface area contributed by atoms with E-state index in [-0.39, 0.29) is 0 Å². The summed E-state index contributed by atoms with van der Waals surface area (Å²) in [4.78, 5) is 2.64. The molecule has 2 saturated heterocycles. The first-order valence-electron chi connectivity index (χ1n) is 7.48. The average molecular weight is 240 g/mol. The molecule has 100 valence electrons. The molecule has 0 radical (unpaired) electrons. The van der Waals surface area contributed by atoms with Gasteiger partial charge in [-0.1, -0.05) is 19.3 Å². The maximum Gasteiger partial charge on any atom is 0.0480 e. The summed E-state index contributed by atoms with van der Waals surface area (Å²) < 4.78 is 5.38. The maximum atomic E-state index is 5.38. The number of nitrogens with zero attached hydrogens (tertiary/aromatic N) is 1. The predicted octanol–water partition coefficient (Wildman–Crippen LogP) is 2.02. The van der Waals surface area contributed by atoms with Crippen LogP contribution < -0.4 is 5.32 Å². The van der Waals surface area contributed by atoms with E-state index in [2.05, 4.69) is 10.2 Å². The van der Waals surface area contributed by atoms with E-state index < -0.39 is 0 Å². The summed E-state index contributed by atoms with van der Waals surface area (Å²) in [5.74, 6) is 0. The van der Waals surface area contributed by atoms with Crippen molar-refractivity contribution in [1.29, 1.82) is 0 Å². The first kappa shape index (κ1) is 13.3. The van der Waals surface area contributed by atoms with E-state index in [4.69, 9.17) is 4.74 Å². The molecule has 2 rings (SSSR count). The summed E-state index contributed by atoms with van der Waals surface area (Å²) in [5.41, 5.74) is 0. The van der Waals surface area contributed by atoms with Crippen molar-refractivity contribution in [3.8, 4) is 0 Å². The number of nitrogens with one attached hydrogen (secondary N) is 1. The van der Waals surface area contributed by atoms with Crippen molar-refractivity contribution in [2.75, 3.05) is 39.4 Å². The molecular formula is C14H28N2O. The summed E-state index contributed by atoms with van der Waals surface area (Å²) in [6, 6.07) is 0.707. The molecule has 2 aliphatic heterocycles. The highest BCUT2D eigenvalue weighted by Gasteiger charge is 2.13. The second-order valence-electron chi connectivity index (χ2n) is 5.45. The highest BCUT2D eigenvalue weighted by Crippen LogP contribution is 2.10. The lowest BCUT2D eigenvalue weighted by atomic mass is 10.1. The van der Waals surface area contributed by atoms with Gasteiger partial charge in [0, 0.05) is 32.3 Å². The Bertz CT molecular complexity index is 185. The molecule has 0 amide bonds. The van der Waals surface area contributed by atoms with Crippen LogP contribution in [0.4, 0.5) is 0 Å². The molecular weight excluding hydrogens is 212 g/mol. The van der Waals surface area contributed by atoms with Gasteiger partial charge in [-0.05, 0) is 38.8 Å². The fraction of sp³-hybridized carbons (Fsp3) is 1.00. The monoisotopic (exact) mass is 240 g/mol. The van der Waals surface area contributed by atoms with Crippen LogP contribution >= 0.6 is 0 Å². The van der Waals surface area contributed by atoms with E-state index in [9.17, 15) is 0 Å². The minimum absolute atomic E-state index is 0.707. The smallest absolute Gasteiger partial charge is 0.0480 e. The first-order valence-corrected chi connectivity index (χ1v) is 7.48. The molecule has 2 heterocycles. The highest BCUT2D eigenvalue weighted by molar-refractivity contribution is 4.71. The Morgan fingerprint density at radius 3 is 2.29 bits per heavy atom. The predicted molar refractivity (Wildman–Crippen MR) is 71.4 cm³/mol. The molecule has 0 aromatic heterocycles. The van der Waals surface area contributed by atoms with Crippen molar-refractivity contribution in [2.24, 2.45) is 0 Å². The number of hydrogen-bond donors (Lipinski definition) is 1. The molecule has 0 atom stereocenters. The summed E-state index contributed by atoms with van der Waals surface area (Å²) in [5, 5.41) is 3.68. The normalized spacial score (nSPS) is 25.4. The maximum absolute atomic E-state index is 5.38. The summed E-state index contributed by atoms with van der Waals surface area (Å²) in [6.45, 7) is 6.91. The van der Waals surface area contributed by atoms with Crippen molar-refractivity contribution in [2.45, 2.75) is 51.0 Å². The summed E-state index contributed by atoms with van der Waals surface area (Å²) >= 11 is 0. The van der Waals surface area contributed by atoms with Gasteiger partial charge in [-0.15, -0.1) is 0 Å². The van der Waals surface area contributed by atoms with Gasteiger partial charge in [-0.2, -0.15) is 0 Å². The minimum atomic E-state index is 0.707. The Hall–Kier alpha value is -0.120. The topological polar surface area (TPSA) is 24.5 Å². The van der Waals surface area contributed by atoms with Crippen LogP contribution in [-0.2, 0) is 4.74 Å². The Kier molecular flexibility index (Phi) is 6.32. The molecule has 0 aliphatic carbocycles. The SMILES string of the molecule is C1CCCN(CCNC2CCOCC2)CCC1. The lowest BCUT2D eigenvalue weighted by Crippen LogP contribution is -2.40. The van der Waals surface area contributed by atoms with Crippen LogP contribution in [0.5, 0.6) is 0 Å². The quantitative estimate of drug-likeness (QED) is 0.813. The van der Waals surface area contributed by atoms with Crippen molar-refractivity contribution in [3.63, 3.8) is 0 Å². The van der Waals surface area contributed by atoms with Gasteiger partial charge in [0.2, 0.25) is 0 Å². The van der Waals surface area contributed by atoms with E-state index in [0.717, 1.165) is 19.8 Å². The first-order chi connectivity index (χ1) is 8.45. The largest absolute Gasteiger partial charge is 0.381 e. The Morgan fingerprint density at radius 1 is 0.941 bits per heavy atom. The molecule has 0 aromatic carbocycles. The fourth-order valence-corrected chi connectivity index (χ4v) is 2.87. The van der Waals surface area contributed by atoms with E-state index in [0.29, 0.717) is 6.04 Å². The van der Waals surface area contributed by atoms with Crippen molar-refractivity contribution >= 4 is 0 Å². The Morgan fingerprint density at radius 2 is 1.59 bits per heavy atom. The summed E-state index contributed by atoms with van der Waals surface area (Å²) in [7, 11) is 0. The van der Waals surface area contributed by atoms with E-state index in [1.165, 1.54) is 64.6 Å². The molecule has 2 aliphatic rings. The number of ether oxygens (including phenoxy) is 1. The zero-order chi connectivity index (χ0) is 11.8. The zero-order valence-electron chi connectivity index (χ0n) is 11.1. The number of rotatable bonds is 4. The third kappa shape index (κ3) is 5.36. The van der Waals surface area contributed by atoms with Crippen molar-refractivity contribution in [3.05, 3.63) is 0 Å². The Balaban J connectivity index is 1.56. The molecule has 1 N–H and O–H groups in total. The van der Waals surface area contributed by atoms with Gasteiger partial charge in [0.1, 0.15) is 0 Å². The molecule has 17 heavy (non-hydrogen) atoms. The van der Waals surface area contributed by atoms with Crippen LogP contribution in [0.25, 0.3) is 0 Å². The van der Waals surface area contributed by atoms with Gasteiger partial charge in [0.25, 0.3) is 0 Å². The Labute approximate surface area is 106 Å². The average Bonchev–Trinajstić information content (AvgIpc) is 2.33. The molecule has 3 heteroatoms. The van der Waals surface area contributed by atoms with Crippen LogP contribution in [0, 0.1) is 0 Å². The van der Waals surface area contributed by atoms with E-state index in [1.807, 2.05) is 0 Å². The fourth-order valence-electron chi connectivity index (χ4n) is 2.87. The van der Waals surface area contributed by atoms with Crippen LogP contribution in [0.1, 0.15) is 44.9 Å². The minimum Gasteiger partial charge on any atom is -0.381 e. The van der Waals surface area contributed by atoms with Gasteiger partial charge < -0.3 is 15.0 Å². The second kappa shape index (κ2) is 8.06. The molecule has 0 saturated carbocycles. The standard InChI is InChI=1S/C14H28N2O/c1-2-4-9-16(10-5-3-1)11-8-15-14-6-12-17-13-7-14/h14-15H,1-13H2. The van der Waals surface area contributed by atoms with E-state index in [1.54, 1.807) is 0 Å². The van der Waals surface area contributed by atoms with Gasteiger partial charge >= 0.3 is 0 Å². The van der Waals surface area contributed by atoms with Gasteiger partial charge in [0.05, 0.1) is 0 Å². The van der Waals surface area contributed by atoms with Gasteiger partial charge in [0.15, 0.2) is 0 Å². The molecule has 0 bridgehead atoms. The lowest BCUT2D eigenvalue weighted by Gasteiger charge is -2.27. The van der Waals surface area contributed by atoms with Crippen LogP contribution in [-0.4, -0.2) is 50.3 Å². The lowest BCUT2D eigenvalue weighted by molar-refractivity contribution is 0.0771. The van der Waals surface area contributed by atoms with Crippen molar-refractivity contribution < 1.29 is 4.74 Å².